The molecule has 0 atom stereocenters. The Balaban J connectivity index is 3.42. The molecule has 0 aliphatic rings. The summed E-state index contributed by atoms with van der Waals surface area (Å²) in [6.45, 7) is -0.931. The molecule has 0 heterocycles. The van der Waals surface area contributed by atoms with E-state index in [2.05, 4.69) is 4.74 Å². The fraction of sp³-hybridized carbons (Fsp3) is 0.364. The van der Waals surface area contributed by atoms with Crippen molar-refractivity contribution < 1.29 is 31.5 Å². The van der Waals surface area contributed by atoms with Gasteiger partial charge in [-0.25, -0.2) is 0 Å². The number of hydrogen-bond acceptors (Lipinski definition) is 2. The maximum Gasteiger partial charge on any atom is 0.419 e. The largest absolute Gasteiger partial charge is 0.434 e. The minimum absolute atomic E-state index is 0.145. The molecule has 0 N–H and O–H groups in total. The van der Waals surface area contributed by atoms with E-state index in [9.17, 15) is 26.7 Å². The topological polar surface area (TPSA) is 26.3 Å². The molecule has 0 aromatic heterocycles. The highest BCUT2D eigenvalue weighted by atomic mass is 19.4. The zero-order valence-corrected chi connectivity index (χ0v) is 9.44. The summed E-state index contributed by atoms with van der Waals surface area (Å²) in [5, 5.41) is 0. The Morgan fingerprint density at radius 3 is 2.22 bits per heavy atom. The summed E-state index contributed by atoms with van der Waals surface area (Å²) >= 11 is 0. The second-order valence-electron chi connectivity index (χ2n) is 3.60. The van der Waals surface area contributed by atoms with Crippen LogP contribution in [0.15, 0.2) is 12.1 Å². The summed E-state index contributed by atoms with van der Waals surface area (Å²) in [7, 11) is 0. The van der Waals surface area contributed by atoms with E-state index in [1.807, 2.05) is 0 Å². The lowest BCUT2D eigenvalue weighted by Crippen LogP contribution is -2.13. The molecule has 0 spiro atoms. The zero-order chi connectivity index (χ0) is 14.1. The van der Waals surface area contributed by atoms with Gasteiger partial charge in [-0.05, 0) is 31.5 Å². The van der Waals surface area contributed by atoms with Gasteiger partial charge in [-0.1, -0.05) is 0 Å². The quantitative estimate of drug-likeness (QED) is 0.615. The van der Waals surface area contributed by atoms with Crippen LogP contribution in [0.25, 0.3) is 0 Å². The molecule has 2 nitrogen and oxygen atoms in total. The standard InChI is InChI=1S/C11H9F5O2/c1-5-3-9(18-10(12)13)8(11(14,15)16)4-7(5)6(2)17/h3-4,10H,1-2H3. The summed E-state index contributed by atoms with van der Waals surface area (Å²) in [6.07, 6.45) is -4.87. The highest BCUT2D eigenvalue weighted by Gasteiger charge is 2.36. The Morgan fingerprint density at radius 1 is 1.28 bits per heavy atom. The van der Waals surface area contributed by atoms with Crippen LogP contribution in [0, 0.1) is 6.92 Å². The third kappa shape index (κ3) is 3.18. The first kappa shape index (κ1) is 14.4. The van der Waals surface area contributed by atoms with Gasteiger partial charge >= 0.3 is 12.8 Å². The van der Waals surface area contributed by atoms with E-state index in [-0.39, 0.29) is 11.1 Å². The molecule has 0 saturated heterocycles. The molecular formula is C11H9F5O2. The molecule has 0 radical (unpaired) electrons. The van der Waals surface area contributed by atoms with Crippen molar-refractivity contribution in [3.05, 3.63) is 28.8 Å². The normalized spacial score (nSPS) is 11.8. The number of aryl methyl sites for hydroxylation is 1. The van der Waals surface area contributed by atoms with Crippen molar-refractivity contribution >= 4 is 5.78 Å². The molecule has 0 bridgehead atoms. The van der Waals surface area contributed by atoms with Crippen molar-refractivity contribution in [3.63, 3.8) is 0 Å². The SMILES string of the molecule is CC(=O)c1cc(C(F)(F)F)c(OC(F)F)cc1C. The van der Waals surface area contributed by atoms with E-state index in [1.54, 1.807) is 0 Å². The first-order valence-corrected chi connectivity index (χ1v) is 4.80. The number of carbonyl (C=O) groups excluding carboxylic acids is 1. The number of halogens is 5. The molecule has 18 heavy (non-hydrogen) atoms. The van der Waals surface area contributed by atoms with E-state index < -0.39 is 29.9 Å². The molecule has 0 unspecified atom stereocenters. The van der Waals surface area contributed by atoms with Crippen LogP contribution in [-0.4, -0.2) is 12.4 Å². The predicted molar refractivity (Wildman–Crippen MR) is 52.8 cm³/mol. The van der Waals surface area contributed by atoms with Gasteiger partial charge in [0.1, 0.15) is 5.75 Å². The Kier molecular flexibility index (Phi) is 3.93. The molecule has 1 rings (SSSR count). The van der Waals surface area contributed by atoms with Gasteiger partial charge in [-0.15, -0.1) is 0 Å². The Labute approximate surface area is 99.4 Å². The first-order valence-electron chi connectivity index (χ1n) is 4.80. The van der Waals surface area contributed by atoms with Crippen LogP contribution in [0.1, 0.15) is 28.4 Å². The minimum Gasteiger partial charge on any atom is -0.434 e. The lowest BCUT2D eigenvalue weighted by molar-refractivity contribution is -0.141. The Bertz CT molecular complexity index is 465. The fourth-order valence-corrected chi connectivity index (χ4v) is 1.48. The van der Waals surface area contributed by atoms with Gasteiger partial charge in [0.15, 0.2) is 5.78 Å². The second-order valence-corrected chi connectivity index (χ2v) is 3.60. The van der Waals surface area contributed by atoms with Crippen molar-refractivity contribution in [1.82, 2.24) is 0 Å². The molecule has 0 fully saturated rings. The van der Waals surface area contributed by atoms with Crippen LogP contribution >= 0.6 is 0 Å². The number of benzene rings is 1. The fourth-order valence-electron chi connectivity index (χ4n) is 1.48. The maximum atomic E-state index is 12.6. The third-order valence-corrected chi connectivity index (χ3v) is 2.23. The van der Waals surface area contributed by atoms with Crippen molar-refractivity contribution in [1.29, 1.82) is 0 Å². The van der Waals surface area contributed by atoms with E-state index in [0.717, 1.165) is 13.0 Å². The Hall–Kier alpha value is -1.66. The molecule has 100 valence electrons. The number of ketones is 1. The molecule has 1 aromatic carbocycles. The van der Waals surface area contributed by atoms with Gasteiger partial charge < -0.3 is 4.74 Å². The number of Topliss-reactive ketones (excluding diaryl/α,β-unsaturated/α-hetero) is 1. The molecule has 0 amide bonds. The van der Waals surface area contributed by atoms with Crippen LogP contribution in [0.5, 0.6) is 5.75 Å². The van der Waals surface area contributed by atoms with Gasteiger partial charge in [0.2, 0.25) is 0 Å². The summed E-state index contributed by atoms with van der Waals surface area (Å²) < 4.78 is 65.8. The number of carbonyl (C=O) groups is 1. The zero-order valence-electron chi connectivity index (χ0n) is 9.44. The maximum absolute atomic E-state index is 12.6. The van der Waals surface area contributed by atoms with Crippen molar-refractivity contribution in [2.45, 2.75) is 26.6 Å². The van der Waals surface area contributed by atoms with Crippen LogP contribution in [0.2, 0.25) is 0 Å². The van der Waals surface area contributed by atoms with E-state index in [1.165, 1.54) is 6.92 Å². The van der Waals surface area contributed by atoms with Gasteiger partial charge in [0.05, 0.1) is 5.56 Å². The highest BCUT2D eigenvalue weighted by Crippen LogP contribution is 2.38. The lowest BCUT2D eigenvalue weighted by Gasteiger charge is -2.15. The van der Waals surface area contributed by atoms with Crippen LogP contribution in [-0.2, 0) is 6.18 Å². The van der Waals surface area contributed by atoms with Crippen LogP contribution in [0.3, 0.4) is 0 Å². The third-order valence-electron chi connectivity index (χ3n) is 2.23. The Morgan fingerprint density at radius 2 is 1.83 bits per heavy atom. The minimum atomic E-state index is -4.87. The van der Waals surface area contributed by atoms with Gasteiger partial charge in [0, 0.05) is 5.56 Å². The molecule has 1 aromatic rings. The monoisotopic (exact) mass is 268 g/mol. The molecule has 7 heteroatoms. The molecule has 0 saturated carbocycles. The van der Waals surface area contributed by atoms with Crippen molar-refractivity contribution in [2.24, 2.45) is 0 Å². The van der Waals surface area contributed by atoms with Gasteiger partial charge in [0.25, 0.3) is 0 Å². The average molecular weight is 268 g/mol. The first-order chi connectivity index (χ1) is 8.12. The highest BCUT2D eigenvalue weighted by molar-refractivity contribution is 5.96. The van der Waals surface area contributed by atoms with Gasteiger partial charge in [-0.2, -0.15) is 22.0 Å². The average Bonchev–Trinajstić information content (AvgIpc) is 2.13. The second kappa shape index (κ2) is 4.91. The summed E-state index contributed by atoms with van der Waals surface area (Å²) in [5.74, 6) is -1.57. The molecular weight excluding hydrogens is 259 g/mol. The number of alkyl halides is 5. The van der Waals surface area contributed by atoms with E-state index in [0.29, 0.717) is 6.07 Å². The number of rotatable bonds is 3. The number of ether oxygens (including phenoxy) is 1. The summed E-state index contributed by atoms with van der Waals surface area (Å²) in [5.41, 5.74) is -1.42. The van der Waals surface area contributed by atoms with Gasteiger partial charge in [-0.3, -0.25) is 4.79 Å². The van der Waals surface area contributed by atoms with Crippen molar-refractivity contribution in [3.8, 4) is 5.75 Å². The molecule has 0 aliphatic carbocycles. The van der Waals surface area contributed by atoms with E-state index >= 15 is 0 Å². The number of hydrogen-bond donors (Lipinski definition) is 0. The van der Waals surface area contributed by atoms with E-state index in [4.69, 9.17) is 0 Å². The smallest absolute Gasteiger partial charge is 0.419 e. The summed E-state index contributed by atoms with van der Waals surface area (Å²) in [4.78, 5) is 11.1. The van der Waals surface area contributed by atoms with Crippen molar-refractivity contribution in [2.75, 3.05) is 0 Å². The lowest BCUT2D eigenvalue weighted by atomic mass is 10.0. The predicted octanol–water partition coefficient (Wildman–Crippen LogP) is 3.82. The van der Waals surface area contributed by atoms with Crippen LogP contribution in [0.4, 0.5) is 22.0 Å². The summed E-state index contributed by atoms with van der Waals surface area (Å²) in [6, 6.07) is 1.31. The van der Waals surface area contributed by atoms with Crippen LogP contribution < -0.4 is 4.74 Å². The molecule has 0 aliphatic heterocycles.